The summed E-state index contributed by atoms with van der Waals surface area (Å²) in [5.41, 5.74) is 9.67. The Balaban J connectivity index is 0. The Kier molecular flexibility index (Phi) is 10.4. The molecule has 0 unspecified atom stereocenters. The van der Waals surface area contributed by atoms with Gasteiger partial charge in [0.1, 0.15) is 11.6 Å². The van der Waals surface area contributed by atoms with Crippen LogP contribution in [0.4, 0.5) is 4.79 Å². The molecule has 0 aliphatic carbocycles. The molecule has 0 saturated heterocycles. The number of amides is 1. The van der Waals surface area contributed by atoms with E-state index in [1.807, 2.05) is 0 Å². The number of nitrogens with one attached hydrogen (secondary N) is 1. The average Bonchev–Trinajstić information content (AvgIpc) is 2.23. The van der Waals surface area contributed by atoms with Crippen LogP contribution in [0.3, 0.4) is 0 Å². The predicted octanol–water partition coefficient (Wildman–Crippen LogP) is 0.830. The van der Waals surface area contributed by atoms with Gasteiger partial charge in [0.2, 0.25) is 0 Å². The number of halogens is 1. The zero-order chi connectivity index (χ0) is 15.8. The third-order valence-electron chi connectivity index (χ3n) is 2.18. The number of carbonyl (C=O) groups excluding carboxylic acids is 1. The first kappa shape index (κ1) is 21.6. The Morgan fingerprint density at radius 3 is 2.29 bits per heavy atom. The van der Waals surface area contributed by atoms with Crippen LogP contribution in [0.1, 0.15) is 40.0 Å². The molecule has 0 bridgehead atoms. The number of alkyl carbamates (subject to hydrolysis) is 1. The van der Waals surface area contributed by atoms with E-state index in [-0.39, 0.29) is 24.8 Å². The molecule has 8 nitrogen and oxygen atoms in total. The lowest BCUT2D eigenvalue weighted by Gasteiger charge is -2.21. The van der Waals surface area contributed by atoms with E-state index in [0.29, 0.717) is 19.4 Å². The van der Waals surface area contributed by atoms with Crippen molar-refractivity contribution in [2.45, 2.75) is 51.7 Å². The Bertz CT molecular complexity index is 365. The van der Waals surface area contributed by atoms with Gasteiger partial charge in [0.15, 0.2) is 5.96 Å². The van der Waals surface area contributed by atoms with Crippen LogP contribution in [0.15, 0.2) is 4.99 Å². The fraction of sp³-hybridized carbons (Fsp3) is 0.750. The summed E-state index contributed by atoms with van der Waals surface area (Å²) < 4.78 is 5.01. The minimum atomic E-state index is -1.10. The van der Waals surface area contributed by atoms with Gasteiger partial charge in [0, 0.05) is 6.54 Å². The van der Waals surface area contributed by atoms with E-state index in [0.717, 1.165) is 0 Å². The summed E-state index contributed by atoms with van der Waals surface area (Å²) in [5.74, 6) is -1.09. The largest absolute Gasteiger partial charge is 0.480 e. The fourth-order valence-corrected chi connectivity index (χ4v) is 1.38. The third-order valence-corrected chi connectivity index (χ3v) is 2.18. The first-order valence-corrected chi connectivity index (χ1v) is 6.39. The maximum absolute atomic E-state index is 11.5. The number of nitrogens with two attached hydrogens (primary N) is 2. The number of carboxylic acids is 1. The summed E-state index contributed by atoms with van der Waals surface area (Å²) in [5, 5.41) is 11.4. The number of hydrogen-bond acceptors (Lipinski definition) is 4. The Labute approximate surface area is 130 Å². The van der Waals surface area contributed by atoms with Gasteiger partial charge in [0.05, 0.1) is 0 Å². The zero-order valence-corrected chi connectivity index (χ0v) is 13.4. The molecule has 0 aromatic rings. The zero-order valence-electron chi connectivity index (χ0n) is 12.6. The molecule has 0 aliphatic heterocycles. The van der Waals surface area contributed by atoms with E-state index < -0.39 is 23.7 Å². The van der Waals surface area contributed by atoms with Crippen LogP contribution < -0.4 is 16.8 Å². The standard InChI is InChI=1S/C12H24N4O4.ClH/c1-12(2,3)20-11(19)16-8(9(17)18)6-4-5-7-15-10(13)14;/h8H,4-7H2,1-3H3,(H,16,19)(H,17,18)(H4,13,14,15);1H/t8-;/m1./s1. The lowest BCUT2D eigenvalue weighted by molar-refractivity contribution is -0.139. The summed E-state index contributed by atoms with van der Waals surface area (Å²) in [6.45, 7) is 5.55. The fourth-order valence-electron chi connectivity index (χ4n) is 1.38. The monoisotopic (exact) mass is 324 g/mol. The molecule has 0 aromatic heterocycles. The van der Waals surface area contributed by atoms with Crippen molar-refractivity contribution in [1.29, 1.82) is 0 Å². The van der Waals surface area contributed by atoms with Crippen LogP contribution in [0.2, 0.25) is 0 Å². The maximum Gasteiger partial charge on any atom is 0.408 e. The van der Waals surface area contributed by atoms with Crippen LogP contribution in [0.5, 0.6) is 0 Å². The van der Waals surface area contributed by atoms with Crippen molar-refractivity contribution in [3.05, 3.63) is 0 Å². The van der Waals surface area contributed by atoms with E-state index in [1.165, 1.54) is 0 Å². The minimum absolute atomic E-state index is 0. The number of unbranched alkanes of at least 4 members (excludes halogenated alkanes) is 1. The Morgan fingerprint density at radius 2 is 1.86 bits per heavy atom. The van der Waals surface area contributed by atoms with Crippen molar-refractivity contribution in [3.63, 3.8) is 0 Å². The second-order valence-electron chi connectivity index (χ2n) is 5.34. The number of carboxylic acid groups (broad SMARTS) is 1. The van der Waals surface area contributed by atoms with E-state index in [2.05, 4.69) is 10.3 Å². The first-order valence-electron chi connectivity index (χ1n) is 6.39. The number of ether oxygens (including phenoxy) is 1. The van der Waals surface area contributed by atoms with Crippen LogP contribution >= 0.6 is 12.4 Å². The number of rotatable bonds is 7. The molecule has 9 heteroatoms. The van der Waals surface area contributed by atoms with Gasteiger partial charge < -0.3 is 26.6 Å². The number of aliphatic carboxylic acids is 1. The van der Waals surface area contributed by atoms with Crippen molar-refractivity contribution in [2.24, 2.45) is 16.5 Å². The maximum atomic E-state index is 11.5. The lowest BCUT2D eigenvalue weighted by atomic mass is 10.1. The highest BCUT2D eigenvalue weighted by Crippen LogP contribution is 2.08. The SMILES string of the molecule is CC(C)(C)OC(=O)N[C@H](CCCCN=C(N)N)C(=O)O.Cl. The highest BCUT2D eigenvalue weighted by atomic mass is 35.5. The van der Waals surface area contributed by atoms with Crippen LogP contribution in [0.25, 0.3) is 0 Å². The molecular formula is C12H25ClN4O4. The van der Waals surface area contributed by atoms with Crippen molar-refractivity contribution in [2.75, 3.05) is 6.54 Å². The highest BCUT2D eigenvalue weighted by molar-refractivity contribution is 5.85. The van der Waals surface area contributed by atoms with Crippen molar-refractivity contribution < 1.29 is 19.4 Å². The molecular weight excluding hydrogens is 300 g/mol. The van der Waals surface area contributed by atoms with Crippen LogP contribution in [-0.2, 0) is 9.53 Å². The molecule has 21 heavy (non-hydrogen) atoms. The minimum Gasteiger partial charge on any atom is -0.480 e. The molecule has 0 saturated carbocycles. The highest BCUT2D eigenvalue weighted by Gasteiger charge is 2.23. The van der Waals surface area contributed by atoms with E-state index >= 15 is 0 Å². The molecule has 0 fully saturated rings. The van der Waals surface area contributed by atoms with Crippen LogP contribution in [0, 0.1) is 0 Å². The van der Waals surface area contributed by atoms with Gasteiger partial charge in [0.25, 0.3) is 0 Å². The van der Waals surface area contributed by atoms with Gasteiger partial charge >= 0.3 is 12.1 Å². The van der Waals surface area contributed by atoms with Gasteiger partial charge in [-0.15, -0.1) is 12.4 Å². The van der Waals surface area contributed by atoms with Gasteiger partial charge in [-0.2, -0.15) is 0 Å². The second kappa shape index (κ2) is 10.1. The van der Waals surface area contributed by atoms with E-state index in [4.69, 9.17) is 21.3 Å². The topological polar surface area (TPSA) is 140 Å². The third kappa shape index (κ3) is 13.1. The lowest BCUT2D eigenvalue weighted by Crippen LogP contribution is -2.43. The average molecular weight is 325 g/mol. The number of carbonyl (C=O) groups is 2. The molecule has 1 atom stereocenters. The molecule has 0 aliphatic rings. The van der Waals surface area contributed by atoms with Crippen molar-refractivity contribution in [3.8, 4) is 0 Å². The smallest absolute Gasteiger partial charge is 0.408 e. The first-order chi connectivity index (χ1) is 9.11. The summed E-state index contributed by atoms with van der Waals surface area (Å²) in [7, 11) is 0. The van der Waals surface area contributed by atoms with Crippen LogP contribution in [-0.4, -0.2) is 41.3 Å². The van der Waals surface area contributed by atoms with Crippen molar-refractivity contribution in [1.82, 2.24) is 5.32 Å². The number of aliphatic imine (C=N–C) groups is 1. The van der Waals surface area contributed by atoms with Gasteiger partial charge in [-0.3, -0.25) is 4.99 Å². The number of nitrogens with zero attached hydrogens (tertiary/aromatic N) is 1. The Morgan fingerprint density at radius 1 is 1.29 bits per heavy atom. The molecule has 124 valence electrons. The molecule has 1 amide bonds. The Hall–Kier alpha value is -1.70. The van der Waals surface area contributed by atoms with Gasteiger partial charge in [-0.1, -0.05) is 0 Å². The van der Waals surface area contributed by atoms with Gasteiger partial charge in [-0.05, 0) is 40.0 Å². The second-order valence-corrected chi connectivity index (χ2v) is 5.34. The normalized spacial score (nSPS) is 11.8. The summed E-state index contributed by atoms with van der Waals surface area (Å²) in [6.07, 6.45) is 0.754. The van der Waals surface area contributed by atoms with E-state index in [1.54, 1.807) is 20.8 Å². The van der Waals surface area contributed by atoms with E-state index in [9.17, 15) is 9.59 Å². The summed E-state index contributed by atoms with van der Waals surface area (Å²) in [4.78, 5) is 26.3. The molecule has 0 spiro atoms. The molecule has 0 aromatic carbocycles. The molecule has 6 N–H and O–H groups in total. The molecule has 0 heterocycles. The number of hydrogen-bond donors (Lipinski definition) is 4. The quantitative estimate of drug-likeness (QED) is 0.310. The molecule has 0 radical (unpaired) electrons. The van der Waals surface area contributed by atoms with Gasteiger partial charge in [-0.25, -0.2) is 9.59 Å². The van der Waals surface area contributed by atoms with Crippen molar-refractivity contribution >= 4 is 30.4 Å². The summed E-state index contributed by atoms with van der Waals surface area (Å²) in [6, 6.07) is -0.982. The predicted molar refractivity (Wildman–Crippen MR) is 82.6 cm³/mol. The molecule has 0 rings (SSSR count). The summed E-state index contributed by atoms with van der Waals surface area (Å²) >= 11 is 0. The number of guanidine groups is 1.